The van der Waals surface area contributed by atoms with E-state index in [0.29, 0.717) is 32.7 Å². The molecular formula is C24H30N4O5. The molecule has 33 heavy (non-hydrogen) atoms. The van der Waals surface area contributed by atoms with Crippen molar-refractivity contribution in [1.29, 1.82) is 0 Å². The summed E-state index contributed by atoms with van der Waals surface area (Å²) in [7, 11) is 1.74. The summed E-state index contributed by atoms with van der Waals surface area (Å²) in [5.41, 5.74) is 4.04. The number of hydroxylamine groups is 1. The molecule has 3 atom stereocenters. The molecule has 1 aromatic rings. The summed E-state index contributed by atoms with van der Waals surface area (Å²) >= 11 is 0. The van der Waals surface area contributed by atoms with E-state index in [1.807, 2.05) is 30.4 Å². The summed E-state index contributed by atoms with van der Waals surface area (Å²) in [6.07, 6.45) is 5.73. The van der Waals surface area contributed by atoms with Crippen LogP contribution in [-0.4, -0.2) is 89.7 Å². The molecule has 0 aromatic heterocycles. The highest BCUT2D eigenvalue weighted by Crippen LogP contribution is 2.29. The Kier molecular flexibility index (Phi) is 7.10. The number of carbonyl (C=O) groups excluding carboxylic acids is 3. The minimum absolute atomic E-state index is 0.164. The summed E-state index contributed by atoms with van der Waals surface area (Å²) in [4.78, 5) is 43.4. The van der Waals surface area contributed by atoms with Gasteiger partial charge in [0.2, 0.25) is 11.8 Å². The van der Waals surface area contributed by atoms with Gasteiger partial charge in [-0.2, -0.15) is 0 Å². The molecule has 3 amide bonds. The predicted octanol–water partition coefficient (Wildman–Crippen LogP) is 1.51. The van der Waals surface area contributed by atoms with Crippen molar-refractivity contribution in [2.45, 2.75) is 25.0 Å². The molecule has 1 saturated heterocycles. The monoisotopic (exact) mass is 454 g/mol. The van der Waals surface area contributed by atoms with Gasteiger partial charge in [-0.3, -0.25) is 19.7 Å². The van der Waals surface area contributed by atoms with Crippen LogP contribution in [0, 0.1) is 5.92 Å². The van der Waals surface area contributed by atoms with Crippen molar-refractivity contribution < 1.29 is 24.3 Å². The summed E-state index contributed by atoms with van der Waals surface area (Å²) in [6, 6.07) is 9.32. The Morgan fingerprint density at radius 2 is 1.79 bits per heavy atom. The number of hydrogen-bond donors (Lipinski definition) is 2. The first kappa shape index (κ1) is 23.0. The van der Waals surface area contributed by atoms with Gasteiger partial charge in [-0.05, 0) is 31.0 Å². The van der Waals surface area contributed by atoms with Gasteiger partial charge < -0.3 is 14.5 Å². The molecule has 1 aromatic carbocycles. The number of piperidine rings is 1. The lowest BCUT2D eigenvalue weighted by molar-refractivity contribution is -0.151. The van der Waals surface area contributed by atoms with E-state index in [9.17, 15) is 19.6 Å². The number of amides is 3. The van der Waals surface area contributed by atoms with Crippen LogP contribution in [0.4, 0.5) is 4.79 Å². The normalized spacial score (nSPS) is 25.5. The molecule has 3 aliphatic heterocycles. The van der Waals surface area contributed by atoms with E-state index in [4.69, 9.17) is 4.74 Å². The molecular weight excluding hydrogens is 424 g/mol. The molecule has 3 aliphatic rings. The van der Waals surface area contributed by atoms with E-state index in [2.05, 4.69) is 18.2 Å². The summed E-state index contributed by atoms with van der Waals surface area (Å²) in [5, 5.41) is 9.31. The summed E-state index contributed by atoms with van der Waals surface area (Å²) in [6.45, 7) is 2.34. The zero-order valence-electron chi connectivity index (χ0n) is 18.7. The fraction of sp³-hybridized carbons (Fsp3) is 0.458. The van der Waals surface area contributed by atoms with E-state index in [1.54, 1.807) is 27.2 Å². The molecule has 176 valence electrons. The molecule has 3 heterocycles. The highest BCUT2D eigenvalue weighted by molar-refractivity contribution is 5.90. The second kappa shape index (κ2) is 10.2. The van der Waals surface area contributed by atoms with Gasteiger partial charge in [-0.15, -0.1) is 0 Å². The van der Waals surface area contributed by atoms with E-state index < -0.39 is 30.1 Å². The van der Waals surface area contributed by atoms with Crippen molar-refractivity contribution >= 4 is 23.5 Å². The van der Waals surface area contributed by atoms with Crippen LogP contribution in [0.2, 0.25) is 0 Å². The third kappa shape index (κ3) is 5.09. The predicted molar refractivity (Wildman–Crippen MR) is 121 cm³/mol. The first-order valence-electron chi connectivity index (χ1n) is 11.3. The zero-order valence-corrected chi connectivity index (χ0v) is 18.7. The molecule has 0 saturated carbocycles. The second-order valence-corrected chi connectivity index (χ2v) is 8.71. The minimum atomic E-state index is -0.838. The Bertz CT molecular complexity index is 939. The lowest BCUT2D eigenvalue weighted by Crippen LogP contribution is -2.60. The number of benzene rings is 1. The van der Waals surface area contributed by atoms with Crippen LogP contribution >= 0.6 is 0 Å². The number of nitrogens with one attached hydrogen (secondary N) is 1. The maximum Gasteiger partial charge on any atom is 0.410 e. The third-order valence-electron chi connectivity index (χ3n) is 6.57. The molecule has 4 rings (SSSR count). The number of ether oxygens (including phenoxy) is 1. The van der Waals surface area contributed by atoms with Crippen molar-refractivity contribution in [3.63, 3.8) is 0 Å². The van der Waals surface area contributed by atoms with Gasteiger partial charge >= 0.3 is 6.09 Å². The molecule has 0 radical (unpaired) electrons. The van der Waals surface area contributed by atoms with Crippen LogP contribution < -0.4 is 5.48 Å². The SMILES string of the molecule is CN1C[C@@H](OC(=O)N2CC=CC2)C[C@H](C(=O)NO)[C@H]1C(=O)N1CC=C(c2ccccc2)CC1. The first-order chi connectivity index (χ1) is 16.0. The maximum absolute atomic E-state index is 13.4. The van der Waals surface area contributed by atoms with Crippen LogP contribution in [0.25, 0.3) is 5.57 Å². The van der Waals surface area contributed by atoms with Gasteiger partial charge in [-0.1, -0.05) is 48.6 Å². The standard InChI is InChI=1S/C24H30N4O5/c1-26-16-19(33-24(31)28-11-5-6-12-28)15-20(22(29)25-32)21(26)23(30)27-13-9-18(10-14-27)17-7-3-2-4-8-17/h2-9,19-21,32H,10-16H2,1H3,(H,25,29)/t19-,20-,21-/m0/s1. The van der Waals surface area contributed by atoms with E-state index in [0.717, 1.165) is 12.0 Å². The van der Waals surface area contributed by atoms with Crippen molar-refractivity contribution in [1.82, 2.24) is 20.2 Å². The maximum atomic E-state index is 13.4. The Morgan fingerprint density at radius 1 is 1.06 bits per heavy atom. The van der Waals surface area contributed by atoms with Crippen LogP contribution in [-0.2, 0) is 14.3 Å². The minimum Gasteiger partial charge on any atom is -0.445 e. The van der Waals surface area contributed by atoms with Crippen molar-refractivity contribution in [2.24, 2.45) is 5.92 Å². The van der Waals surface area contributed by atoms with Crippen molar-refractivity contribution in [2.75, 3.05) is 39.8 Å². The fourth-order valence-corrected chi connectivity index (χ4v) is 4.82. The highest BCUT2D eigenvalue weighted by atomic mass is 16.6. The largest absolute Gasteiger partial charge is 0.445 e. The fourth-order valence-electron chi connectivity index (χ4n) is 4.82. The number of carbonyl (C=O) groups is 3. The van der Waals surface area contributed by atoms with E-state index >= 15 is 0 Å². The molecule has 0 spiro atoms. The van der Waals surface area contributed by atoms with E-state index in [-0.39, 0.29) is 12.3 Å². The molecule has 2 N–H and O–H groups in total. The number of hydrogen-bond acceptors (Lipinski definition) is 6. The van der Waals surface area contributed by atoms with Gasteiger partial charge in [0.1, 0.15) is 12.1 Å². The van der Waals surface area contributed by atoms with Gasteiger partial charge in [-0.25, -0.2) is 10.3 Å². The van der Waals surface area contributed by atoms with Crippen LogP contribution in [0.3, 0.4) is 0 Å². The number of likely N-dealkylation sites (tertiary alicyclic amines) is 1. The number of rotatable bonds is 4. The van der Waals surface area contributed by atoms with Gasteiger partial charge in [0.05, 0.1) is 5.92 Å². The van der Waals surface area contributed by atoms with E-state index in [1.165, 1.54) is 5.57 Å². The Balaban J connectivity index is 1.43. The molecule has 9 nitrogen and oxygen atoms in total. The van der Waals surface area contributed by atoms with Crippen LogP contribution in [0.15, 0.2) is 48.6 Å². The first-order valence-corrected chi connectivity index (χ1v) is 11.3. The van der Waals surface area contributed by atoms with Gasteiger partial charge in [0.25, 0.3) is 0 Å². The number of nitrogens with zero attached hydrogens (tertiary/aromatic N) is 3. The van der Waals surface area contributed by atoms with Gasteiger partial charge in [0, 0.05) is 32.7 Å². The van der Waals surface area contributed by atoms with Crippen LogP contribution in [0.1, 0.15) is 18.4 Å². The van der Waals surface area contributed by atoms with Crippen molar-refractivity contribution in [3.05, 3.63) is 54.1 Å². The Hall–Kier alpha value is -3.17. The molecule has 9 heteroatoms. The Morgan fingerprint density at radius 3 is 2.42 bits per heavy atom. The quantitative estimate of drug-likeness (QED) is 0.406. The lowest BCUT2D eigenvalue weighted by Gasteiger charge is -2.43. The second-order valence-electron chi connectivity index (χ2n) is 8.71. The Labute approximate surface area is 193 Å². The summed E-state index contributed by atoms with van der Waals surface area (Å²) in [5.74, 6) is -1.65. The lowest BCUT2D eigenvalue weighted by atomic mass is 9.86. The molecule has 0 aliphatic carbocycles. The smallest absolute Gasteiger partial charge is 0.410 e. The molecule has 1 fully saturated rings. The van der Waals surface area contributed by atoms with Gasteiger partial charge in [0.15, 0.2) is 0 Å². The zero-order chi connectivity index (χ0) is 23.4. The molecule has 0 bridgehead atoms. The topological polar surface area (TPSA) is 102 Å². The van der Waals surface area contributed by atoms with Crippen molar-refractivity contribution in [3.8, 4) is 0 Å². The average molecular weight is 455 g/mol. The summed E-state index contributed by atoms with van der Waals surface area (Å²) < 4.78 is 5.62. The number of likely N-dealkylation sites (N-methyl/N-ethyl adjacent to an activating group) is 1. The average Bonchev–Trinajstić information content (AvgIpc) is 3.39. The molecule has 0 unspecified atom stereocenters. The third-order valence-corrected chi connectivity index (χ3v) is 6.57. The van der Waals surface area contributed by atoms with Crippen LogP contribution in [0.5, 0.6) is 0 Å². The highest BCUT2D eigenvalue weighted by Gasteiger charge is 2.45.